The number of nitriles is 1. The molecule has 1 fully saturated rings. The number of halogens is 1. The van der Waals surface area contributed by atoms with Crippen molar-refractivity contribution in [2.24, 2.45) is 7.05 Å². The maximum atomic E-state index is 13.7. The van der Waals surface area contributed by atoms with Gasteiger partial charge >= 0.3 is 0 Å². The van der Waals surface area contributed by atoms with Crippen LogP contribution in [0, 0.1) is 11.3 Å². The van der Waals surface area contributed by atoms with Crippen LogP contribution in [0.5, 0.6) is 0 Å². The second kappa shape index (κ2) is 11.6. The van der Waals surface area contributed by atoms with Crippen molar-refractivity contribution < 1.29 is 4.79 Å². The topological polar surface area (TPSA) is 86.8 Å². The third kappa shape index (κ3) is 6.12. The predicted molar refractivity (Wildman–Crippen MR) is 153 cm³/mol. The maximum absolute atomic E-state index is 13.7. The first-order valence-corrected chi connectivity index (χ1v) is 13.6. The first kappa shape index (κ1) is 25.7. The van der Waals surface area contributed by atoms with E-state index in [4.69, 9.17) is 5.26 Å². The van der Waals surface area contributed by atoms with E-state index in [0.717, 1.165) is 58.4 Å². The van der Waals surface area contributed by atoms with Crippen molar-refractivity contribution in [3.8, 4) is 17.2 Å². The zero-order valence-corrected chi connectivity index (χ0v) is 22.8. The van der Waals surface area contributed by atoms with E-state index in [1.807, 2.05) is 66.8 Å². The molecule has 0 saturated heterocycles. The van der Waals surface area contributed by atoms with Gasteiger partial charge in [0.2, 0.25) is 5.91 Å². The van der Waals surface area contributed by atoms with Crippen LogP contribution in [0.4, 0.5) is 11.5 Å². The fourth-order valence-corrected chi connectivity index (χ4v) is 5.30. The van der Waals surface area contributed by atoms with Crippen LogP contribution in [-0.4, -0.2) is 32.8 Å². The monoisotopic (exact) mass is 568 g/mol. The average Bonchev–Trinajstić information content (AvgIpc) is 3.38. The Hall–Kier alpha value is -3.96. The number of hydrogen-bond donors (Lipinski definition) is 1. The van der Waals surface area contributed by atoms with E-state index in [-0.39, 0.29) is 18.0 Å². The van der Waals surface area contributed by atoms with Crippen molar-refractivity contribution in [1.29, 1.82) is 5.26 Å². The molecule has 1 aliphatic rings. The van der Waals surface area contributed by atoms with Gasteiger partial charge in [0.05, 0.1) is 18.2 Å². The Morgan fingerprint density at radius 1 is 1.03 bits per heavy atom. The molecule has 2 aromatic carbocycles. The van der Waals surface area contributed by atoms with Crippen LogP contribution in [0.15, 0.2) is 83.7 Å². The molecule has 0 bridgehead atoms. The van der Waals surface area contributed by atoms with Crippen molar-refractivity contribution in [3.05, 3.63) is 94.9 Å². The van der Waals surface area contributed by atoms with Gasteiger partial charge in [0, 0.05) is 47.2 Å². The molecule has 1 aliphatic carbocycles. The summed E-state index contributed by atoms with van der Waals surface area (Å²) in [6, 6.07) is 22.3. The van der Waals surface area contributed by atoms with Crippen molar-refractivity contribution in [2.75, 3.05) is 10.2 Å². The Kier molecular flexibility index (Phi) is 7.85. The van der Waals surface area contributed by atoms with Gasteiger partial charge in [0.15, 0.2) is 0 Å². The Morgan fingerprint density at radius 2 is 1.76 bits per heavy atom. The summed E-state index contributed by atoms with van der Waals surface area (Å²) in [5.74, 6) is 0.883. The van der Waals surface area contributed by atoms with Crippen LogP contribution in [-0.2, 0) is 18.3 Å². The molecule has 0 spiro atoms. The molecule has 0 unspecified atom stereocenters. The minimum atomic E-state index is 0.103. The van der Waals surface area contributed by atoms with Crippen molar-refractivity contribution in [1.82, 2.24) is 14.8 Å². The van der Waals surface area contributed by atoms with Crippen molar-refractivity contribution in [2.45, 2.75) is 44.2 Å². The van der Waals surface area contributed by atoms with E-state index in [1.165, 1.54) is 0 Å². The smallest absolute Gasteiger partial charge is 0.231 e. The molecule has 1 N–H and O–H groups in total. The van der Waals surface area contributed by atoms with Gasteiger partial charge in [0.1, 0.15) is 11.9 Å². The van der Waals surface area contributed by atoms with Crippen LogP contribution in [0.25, 0.3) is 11.1 Å². The number of aryl methyl sites for hydroxylation is 1. The lowest BCUT2D eigenvalue weighted by Crippen LogP contribution is -2.45. The molecule has 2 aromatic heterocycles. The fraction of sp³-hybridized carbons (Fsp3) is 0.267. The molecule has 192 valence electrons. The Bertz CT molecular complexity index is 1420. The molecule has 0 atom stereocenters. The number of carbonyl (C=O) groups excluding carboxylic acids is 1. The number of nitrogens with one attached hydrogen (secondary N) is 1. The lowest BCUT2D eigenvalue weighted by Gasteiger charge is -2.37. The first-order chi connectivity index (χ1) is 18.5. The lowest BCUT2D eigenvalue weighted by atomic mass is 9.89. The van der Waals surface area contributed by atoms with Crippen LogP contribution in [0.2, 0.25) is 0 Å². The third-order valence-corrected chi connectivity index (χ3v) is 7.56. The van der Waals surface area contributed by atoms with Crippen LogP contribution >= 0.6 is 15.9 Å². The Balaban J connectivity index is 1.32. The third-order valence-electron chi connectivity index (χ3n) is 7.03. The molecule has 0 radical (unpaired) electrons. The summed E-state index contributed by atoms with van der Waals surface area (Å²) in [4.78, 5) is 20.1. The van der Waals surface area contributed by atoms with Crippen LogP contribution in [0.1, 0.15) is 36.8 Å². The van der Waals surface area contributed by atoms with E-state index >= 15 is 0 Å². The standard InChI is InChI=1S/C30H29BrN6O/c1-36-20-24(19-34-36)23-5-11-27(12-6-23)37(30(38)16-21-2-7-25(31)8-3-21)28-13-9-26(10-14-28)35-29-15-4-22(17-32)18-33-29/h2-8,11-12,15,18-20,26,28H,9-10,13-14,16H2,1H3,(H,33,35)/t26-,28-. The number of benzene rings is 2. The highest BCUT2D eigenvalue weighted by Crippen LogP contribution is 2.31. The quantitative estimate of drug-likeness (QED) is 0.290. The number of amides is 1. The number of aromatic nitrogens is 3. The summed E-state index contributed by atoms with van der Waals surface area (Å²) in [6.45, 7) is 0. The number of anilines is 2. The Labute approximate surface area is 231 Å². The SMILES string of the molecule is Cn1cc(-c2ccc(N(C(=O)Cc3ccc(Br)cc3)[C@H]3CC[C@H](Nc4ccc(C#N)cn4)CC3)cc2)cn1. The molecule has 5 rings (SSSR count). The largest absolute Gasteiger partial charge is 0.367 e. The number of pyridine rings is 1. The molecule has 7 nitrogen and oxygen atoms in total. The van der Waals surface area contributed by atoms with Gasteiger partial charge in [-0.25, -0.2) is 4.98 Å². The summed E-state index contributed by atoms with van der Waals surface area (Å²) >= 11 is 3.48. The van der Waals surface area contributed by atoms with Gasteiger partial charge in [-0.15, -0.1) is 0 Å². The number of hydrogen-bond acceptors (Lipinski definition) is 5. The van der Waals surface area contributed by atoms with E-state index in [2.05, 4.69) is 49.5 Å². The fourth-order valence-electron chi connectivity index (χ4n) is 5.04. The number of nitrogens with zero attached hydrogens (tertiary/aromatic N) is 5. The molecular formula is C30H29BrN6O. The minimum Gasteiger partial charge on any atom is -0.367 e. The molecule has 4 aromatic rings. The van der Waals surface area contributed by atoms with Gasteiger partial charge in [-0.1, -0.05) is 40.2 Å². The van der Waals surface area contributed by atoms with E-state index in [1.54, 1.807) is 16.9 Å². The molecule has 1 saturated carbocycles. The molecule has 0 aliphatic heterocycles. The highest BCUT2D eigenvalue weighted by atomic mass is 79.9. The number of rotatable bonds is 7. The summed E-state index contributed by atoms with van der Waals surface area (Å²) in [5, 5.41) is 16.8. The second-order valence-electron chi connectivity index (χ2n) is 9.71. The highest BCUT2D eigenvalue weighted by molar-refractivity contribution is 9.10. The normalized spacial score (nSPS) is 17.0. The summed E-state index contributed by atoms with van der Waals surface area (Å²) in [5.41, 5.74) is 4.59. The van der Waals surface area contributed by atoms with Gasteiger partial charge in [-0.05, 0) is 73.2 Å². The molecule has 38 heavy (non-hydrogen) atoms. The molecular weight excluding hydrogens is 540 g/mol. The van der Waals surface area contributed by atoms with Crippen LogP contribution in [0.3, 0.4) is 0 Å². The van der Waals surface area contributed by atoms with Gasteiger partial charge in [-0.2, -0.15) is 10.4 Å². The van der Waals surface area contributed by atoms with Gasteiger partial charge in [0.25, 0.3) is 0 Å². The average molecular weight is 570 g/mol. The minimum absolute atomic E-state index is 0.103. The summed E-state index contributed by atoms with van der Waals surface area (Å²) in [7, 11) is 1.91. The maximum Gasteiger partial charge on any atom is 0.231 e. The van der Waals surface area contributed by atoms with Gasteiger partial charge < -0.3 is 10.2 Å². The van der Waals surface area contributed by atoms with Crippen molar-refractivity contribution >= 4 is 33.3 Å². The molecule has 1 amide bonds. The van der Waals surface area contributed by atoms with Gasteiger partial charge in [-0.3, -0.25) is 9.48 Å². The van der Waals surface area contributed by atoms with Crippen molar-refractivity contribution in [3.63, 3.8) is 0 Å². The highest BCUT2D eigenvalue weighted by Gasteiger charge is 2.30. The zero-order chi connectivity index (χ0) is 26.5. The molecule has 8 heteroatoms. The second-order valence-corrected chi connectivity index (χ2v) is 10.6. The first-order valence-electron chi connectivity index (χ1n) is 12.8. The number of carbonyl (C=O) groups is 1. The van der Waals surface area contributed by atoms with E-state index in [9.17, 15) is 4.79 Å². The predicted octanol–water partition coefficient (Wildman–Crippen LogP) is 6.12. The summed E-state index contributed by atoms with van der Waals surface area (Å²) in [6.07, 6.45) is 9.43. The summed E-state index contributed by atoms with van der Waals surface area (Å²) < 4.78 is 2.79. The molecule has 2 heterocycles. The Morgan fingerprint density at radius 3 is 2.37 bits per heavy atom. The van der Waals surface area contributed by atoms with Crippen LogP contribution < -0.4 is 10.2 Å². The lowest BCUT2D eigenvalue weighted by molar-refractivity contribution is -0.118. The van der Waals surface area contributed by atoms with E-state index in [0.29, 0.717) is 12.0 Å². The van der Waals surface area contributed by atoms with E-state index < -0.39 is 0 Å². The zero-order valence-electron chi connectivity index (χ0n) is 21.2.